The Kier molecular flexibility index (Phi) is 5.40. The summed E-state index contributed by atoms with van der Waals surface area (Å²) in [4.78, 5) is 0. The van der Waals surface area contributed by atoms with Crippen LogP contribution in [0, 0.1) is 5.92 Å². The first kappa shape index (κ1) is 9.89. The van der Waals surface area contributed by atoms with Crippen molar-refractivity contribution in [3.63, 3.8) is 0 Å². The molecule has 0 aromatic carbocycles. The zero-order valence-corrected chi connectivity index (χ0v) is 11.1. The van der Waals surface area contributed by atoms with E-state index in [1.165, 1.54) is 17.3 Å². The molecule has 62 valence electrons. The van der Waals surface area contributed by atoms with Crippen LogP contribution < -0.4 is 21.2 Å². The Labute approximate surface area is 92.7 Å². The third-order valence-electron chi connectivity index (χ3n) is 1.93. The van der Waals surface area contributed by atoms with Crippen molar-refractivity contribution in [2.75, 3.05) is 13.3 Å². The van der Waals surface area contributed by atoms with E-state index in [2.05, 4.69) is 35.2 Å². The molecular formula is C7H13I2S-. The molecule has 1 aliphatic rings. The number of thiol groups is 1. The summed E-state index contributed by atoms with van der Waals surface area (Å²) in [5, 5.41) is 0.685. The van der Waals surface area contributed by atoms with Gasteiger partial charge in [0.2, 0.25) is 0 Å². The Morgan fingerprint density at radius 2 is 2.10 bits per heavy atom. The number of alkyl halides is 3. The van der Waals surface area contributed by atoms with Gasteiger partial charge in [0.1, 0.15) is 0 Å². The maximum atomic E-state index is 4.58. The molecular weight excluding hydrogens is 370 g/mol. The van der Waals surface area contributed by atoms with Crippen LogP contribution in [0.3, 0.4) is 0 Å². The van der Waals surface area contributed by atoms with E-state index in [4.69, 9.17) is 0 Å². The van der Waals surface area contributed by atoms with Crippen molar-refractivity contribution in [1.29, 1.82) is 0 Å². The Balaban J connectivity index is 2.24. The topological polar surface area (TPSA) is 0 Å². The van der Waals surface area contributed by atoms with E-state index in [1.807, 2.05) is 0 Å². The van der Waals surface area contributed by atoms with Crippen molar-refractivity contribution in [3.05, 3.63) is 0 Å². The molecule has 0 aromatic heterocycles. The molecule has 10 heavy (non-hydrogen) atoms. The van der Waals surface area contributed by atoms with Crippen LogP contribution in [0.4, 0.5) is 0 Å². The zero-order valence-electron chi connectivity index (χ0n) is 5.89. The maximum absolute atomic E-state index is 4.58. The van der Waals surface area contributed by atoms with Gasteiger partial charge in [-0.1, -0.05) is 0 Å². The van der Waals surface area contributed by atoms with E-state index >= 15 is 0 Å². The molecule has 0 nitrogen and oxygen atoms in total. The Morgan fingerprint density at radius 1 is 1.50 bits per heavy atom. The van der Waals surface area contributed by atoms with Crippen molar-refractivity contribution in [3.8, 4) is 0 Å². The molecule has 0 unspecified atom stereocenters. The summed E-state index contributed by atoms with van der Waals surface area (Å²) in [6.07, 6.45) is 2.95. The molecule has 1 atom stereocenters. The van der Waals surface area contributed by atoms with Crippen LogP contribution in [0.15, 0.2) is 0 Å². The number of rotatable bonds is 2. The van der Waals surface area contributed by atoms with Gasteiger partial charge in [-0.15, -0.1) is 0 Å². The molecule has 0 spiro atoms. The van der Waals surface area contributed by atoms with E-state index in [9.17, 15) is 0 Å². The molecule has 0 N–H and O–H groups in total. The van der Waals surface area contributed by atoms with Crippen molar-refractivity contribution in [2.24, 2.45) is 5.92 Å². The van der Waals surface area contributed by atoms with Crippen LogP contribution >= 0.6 is 35.2 Å². The molecule has 3 heteroatoms. The average molecular weight is 383 g/mol. The van der Waals surface area contributed by atoms with E-state index < -0.39 is 0 Å². The average Bonchev–Trinajstić information content (AvgIpc) is 2.05. The second-order valence-electron chi connectivity index (χ2n) is 2.63. The van der Waals surface area contributed by atoms with Gasteiger partial charge < -0.3 is 0 Å². The summed E-state index contributed by atoms with van der Waals surface area (Å²) in [5.41, 5.74) is 0. The molecule has 1 saturated heterocycles. The van der Waals surface area contributed by atoms with Gasteiger partial charge in [-0.2, -0.15) is 0 Å². The first-order valence-electron chi connectivity index (χ1n) is 3.62. The first-order chi connectivity index (χ1) is 4.84. The van der Waals surface area contributed by atoms with Gasteiger partial charge in [0.05, 0.1) is 0 Å². The van der Waals surface area contributed by atoms with Gasteiger partial charge in [0.25, 0.3) is 0 Å². The Morgan fingerprint density at radius 3 is 2.60 bits per heavy atom. The monoisotopic (exact) mass is 383 g/mol. The predicted octanol–water partition coefficient (Wildman–Crippen LogP) is -0.781. The number of hydrogen-bond acceptors (Lipinski definition) is 1. The van der Waals surface area contributed by atoms with Crippen LogP contribution in [0.1, 0.15) is 12.8 Å². The fourth-order valence-electron chi connectivity index (χ4n) is 1.18. The number of hydrogen-bond donors (Lipinski definition) is 1. The summed E-state index contributed by atoms with van der Waals surface area (Å²) in [6, 6.07) is 0. The third-order valence-corrected chi connectivity index (χ3v) is 6.95. The van der Waals surface area contributed by atoms with Gasteiger partial charge in [0.15, 0.2) is 0 Å². The van der Waals surface area contributed by atoms with Crippen molar-refractivity contribution < 1.29 is 21.2 Å². The van der Waals surface area contributed by atoms with Gasteiger partial charge in [0, 0.05) is 0 Å². The van der Waals surface area contributed by atoms with Gasteiger partial charge in [-0.3, -0.25) is 0 Å². The quantitative estimate of drug-likeness (QED) is 0.361. The standard InChI is InChI=1S/C7H13I2S/c8-5-7(10)6-1-3-9-4-2-6/h6-7,10H,1-5H2/q-1/t7-/m1/s1. The second kappa shape index (κ2) is 5.45. The van der Waals surface area contributed by atoms with Crippen LogP contribution in [-0.2, 0) is 0 Å². The van der Waals surface area contributed by atoms with E-state index in [1.54, 1.807) is 8.86 Å². The van der Waals surface area contributed by atoms with Gasteiger partial charge in [-0.25, -0.2) is 0 Å². The molecule has 0 bridgehead atoms. The fourth-order valence-corrected chi connectivity index (χ4v) is 5.22. The van der Waals surface area contributed by atoms with Crippen LogP contribution in [0.25, 0.3) is 0 Å². The molecule has 1 heterocycles. The summed E-state index contributed by atoms with van der Waals surface area (Å²) in [7, 11) is 0. The molecule has 1 fully saturated rings. The molecule has 0 aliphatic carbocycles. The molecule has 0 radical (unpaired) electrons. The SMILES string of the molecule is S[C@H](CI)C1CC[I-]CC1. The first-order valence-corrected chi connectivity index (χ1v) is 8.71. The Bertz CT molecular complexity index is 91.6. The van der Waals surface area contributed by atoms with E-state index in [0.29, 0.717) is 26.5 Å². The predicted molar refractivity (Wildman–Crippen MR) is 54.1 cm³/mol. The Hall–Kier alpha value is 1.81. The minimum absolute atomic E-state index is 0.620. The second-order valence-corrected chi connectivity index (χ2v) is 7.41. The summed E-state index contributed by atoms with van der Waals surface area (Å²) in [5.74, 6) is 0.952. The third kappa shape index (κ3) is 3.05. The fraction of sp³-hybridized carbons (Fsp3) is 1.00. The zero-order chi connectivity index (χ0) is 7.40. The van der Waals surface area contributed by atoms with Crippen molar-refractivity contribution in [2.45, 2.75) is 18.1 Å². The van der Waals surface area contributed by atoms with Crippen LogP contribution in [0.2, 0.25) is 0 Å². The van der Waals surface area contributed by atoms with Crippen LogP contribution in [0.5, 0.6) is 0 Å². The normalized spacial score (nSPS) is 25.4. The molecule has 0 aromatic rings. The molecule has 0 amide bonds. The van der Waals surface area contributed by atoms with Crippen molar-refractivity contribution >= 4 is 35.2 Å². The van der Waals surface area contributed by atoms with E-state index in [0.717, 1.165) is 5.92 Å². The molecule has 1 rings (SSSR count). The molecule has 0 saturated carbocycles. The molecule has 1 aliphatic heterocycles. The van der Waals surface area contributed by atoms with Crippen LogP contribution in [-0.4, -0.2) is 18.5 Å². The van der Waals surface area contributed by atoms with Gasteiger partial charge in [-0.05, 0) is 0 Å². The summed E-state index contributed by atoms with van der Waals surface area (Å²) < 4.78 is 4.33. The summed E-state index contributed by atoms with van der Waals surface area (Å²) in [6.45, 7) is 0. The minimum atomic E-state index is 0.620. The van der Waals surface area contributed by atoms with Crippen molar-refractivity contribution in [1.82, 2.24) is 0 Å². The number of halogens is 2. The van der Waals surface area contributed by atoms with E-state index in [-0.39, 0.29) is 0 Å². The van der Waals surface area contributed by atoms with Gasteiger partial charge >= 0.3 is 93.7 Å². The summed E-state index contributed by atoms with van der Waals surface area (Å²) >= 11 is 7.65.